The summed E-state index contributed by atoms with van der Waals surface area (Å²) in [6, 6.07) is 6.63. The Hall–Kier alpha value is -3.53. The van der Waals surface area contributed by atoms with Gasteiger partial charge in [0.05, 0.1) is 22.3 Å². The van der Waals surface area contributed by atoms with Gasteiger partial charge in [0.2, 0.25) is 5.91 Å². The molecule has 3 heterocycles. The predicted molar refractivity (Wildman–Crippen MR) is 133 cm³/mol. The van der Waals surface area contributed by atoms with Crippen LogP contribution in [0.15, 0.2) is 47.5 Å². The molecule has 8 nitrogen and oxygen atoms in total. The minimum Gasteiger partial charge on any atom is -0.366 e. The van der Waals surface area contributed by atoms with Gasteiger partial charge >= 0.3 is 0 Å². The number of nitrogens with zero attached hydrogens (tertiary/aromatic N) is 4. The van der Waals surface area contributed by atoms with E-state index in [1.807, 2.05) is 17.1 Å². The van der Waals surface area contributed by atoms with Crippen LogP contribution in [0.3, 0.4) is 0 Å². The number of para-hydroxylation sites is 1. The van der Waals surface area contributed by atoms with Crippen molar-refractivity contribution in [3.8, 4) is 0 Å². The molecule has 1 aliphatic carbocycles. The highest BCUT2D eigenvalue weighted by molar-refractivity contribution is 7.20. The van der Waals surface area contributed by atoms with Crippen LogP contribution < -0.4 is 15.8 Å². The molecule has 0 saturated carbocycles. The van der Waals surface area contributed by atoms with Gasteiger partial charge in [0.25, 0.3) is 11.5 Å². The maximum absolute atomic E-state index is 14.1. The number of hydrogen-bond donors (Lipinski definition) is 1. The Balaban J connectivity index is 1.31. The molecule has 1 N–H and O–H groups in total. The Kier molecular flexibility index (Phi) is 6.38. The van der Waals surface area contributed by atoms with Crippen molar-refractivity contribution in [2.75, 3.05) is 31.1 Å². The molecule has 1 fully saturated rings. The number of allylic oxidation sites excluding steroid dienone is 1. The zero-order valence-corrected chi connectivity index (χ0v) is 20.2. The number of hydrogen-bond acceptors (Lipinski definition) is 6. The highest BCUT2D eigenvalue weighted by Gasteiger charge is 2.27. The summed E-state index contributed by atoms with van der Waals surface area (Å²) in [7, 11) is 0. The van der Waals surface area contributed by atoms with Crippen molar-refractivity contribution < 1.29 is 14.0 Å². The number of fused-ring (bicyclic) bond motifs is 1. The van der Waals surface area contributed by atoms with Crippen molar-refractivity contribution in [1.29, 1.82) is 0 Å². The number of aryl methyl sites for hydroxylation is 1. The third-order valence-corrected chi connectivity index (χ3v) is 7.73. The number of nitrogens with one attached hydrogen (secondary N) is 1. The maximum atomic E-state index is 14.1. The fourth-order valence-corrected chi connectivity index (χ4v) is 5.75. The summed E-state index contributed by atoms with van der Waals surface area (Å²) < 4.78 is 15.4. The lowest BCUT2D eigenvalue weighted by Gasteiger charge is -2.36. The Morgan fingerprint density at radius 3 is 2.69 bits per heavy atom. The molecule has 1 atom stereocenters. The minimum absolute atomic E-state index is 0.000788. The van der Waals surface area contributed by atoms with E-state index in [0.29, 0.717) is 52.5 Å². The maximum Gasteiger partial charge on any atom is 0.264 e. The van der Waals surface area contributed by atoms with Crippen LogP contribution >= 0.6 is 11.3 Å². The van der Waals surface area contributed by atoms with Gasteiger partial charge in [0, 0.05) is 32.2 Å². The number of carbonyl (C=O) groups is 2. The van der Waals surface area contributed by atoms with E-state index >= 15 is 0 Å². The molecule has 2 aromatic heterocycles. The highest BCUT2D eigenvalue weighted by atomic mass is 32.1. The molecule has 0 spiro atoms. The molecule has 1 unspecified atom stereocenters. The molecule has 10 heteroatoms. The van der Waals surface area contributed by atoms with E-state index in [1.165, 1.54) is 28.3 Å². The molecular weight excluding hydrogens is 469 g/mol. The van der Waals surface area contributed by atoms with Gasteiger partial charge in [0.1, 0.15) is 17.2 Å². The van der Waals surface area contributed by atoms with Crippen molar-refractivity contribution in [3.05, 3.63) is 69.4 Å². The van der Waals surface area contributed by atoms with E-state index in [4.69, 9.17) is 0 Å². The van der Waals surface area contributed by atoms with Crippen LogP contribution in [0.4, 0.5) is 10.1 Å². The molecule has 1 aromatic carbocycles. The van der Waals surface area contributed by atoms with Crippen molar-refractivity contribution in [2.24, 2.45) is 0 Å². The third kappa shape index (κ3) is 4.58. The smallest absolute Gasteiger partial charge is 0.264 e. The van der Waals surface area contributed by atoms with Crippen molar-refractivity contribution >= 4 is 39.1 Å². The lowest BCUT2D eigenvalue weighted by Crippen LogP contribution is -2.49. The summed E-state index contributed by atoms with van der Waals surface area (Å²) in [5.74, 6) is -0.680. The Morgan fingerprint density at radius 1 is 1.20 bits per heavy atom. The van der Waals surface area contributed by atoms with Crippen LogP contribution in [0.25, 0.3) is 10.2 Å². The summed E-state index contributed by atoms with van der Waals surface area (Å²) in [6.07, 6.45) is 7.15. The summed E-state index contributed by atoms with van der Waals surface area (Å²) >= 11 is 1.19. The number of thiophene rings is 1. The molecule has 2 amide bonds. The number of aromatic nitrogens is 2. The standard InChI is InChI=1S/C25H26FN5O3S/c1-16-21-23(27-15-31(24(21)33)14-20(32)28-17-6-2-3-7-17)35-22(16)25(34)30-12-10-29(11-13-30)19-9-5-4-8-18(19)26/h2,4-6,8-9,15,17H,3,7,10-14H2,1H3,(H,28,32). The fourth-order valence-electron chi connectivity index (χ4n) is 4.64. The first-order valence-corrected chi connectivity index (χ1v) is 12.5. The second kappa shape index (κ2) is 9.61. The predicted octanol–water partition coefficient (Wildman–Crippen LogP) is 2.70. The van der Waals surface area contributed by atoms with Crippen LogP contribution in [-0.2, 0) is 11.3 Å². The first kappa shape index (κ1) is 23.2. The van der Waals surface area contributed by atoms with Gasteiger partial charge in [-0.25, -0.2) is 9.37 Å². The van der Waals surface area contributed by atoms with E-state index in [0.717, 1.165) is 12.8 Å². The van der Waals surface area contributed by atoms with E-state index in [-0.39, 0.29) is 35.8 Å². The molecule has 35 heavy (non-hydrogen) atoms. The molecule has 2 aliphatic rings. The summed E-state index contributed by atoms with van der Waals surface area (Å²) in [4.78, 5) is 47.8. The second-order valence-corrected chi connectivity index (χ2v) is 9.82. The lowest BCUT2D eigenvalue weighted by molar-refractivity contribution is -0.122. The summed E-state index contributed by atoms with van der Waals surface area (Å²) in [5, 5.41) is 3.28. The molecule has 0 radical (unpaired) electrons. The Morgan fingerprint density at radius 2 is 1.97 bits per heavy atom. The van der Waals surface area contributed by atoms with Gasteiger partial charge in [-0.1, -0.05) is 24.3 Å². The molecule has 3 aromatic rings. The van der Waals surface area contributed by atoms with Crippen LogP contribution in [0.1, 0.15) is 28.1 Å². The van der Waals surface area contributed by atoms with Crippen molar-refractivity contribution in [1.82, 2.24) is 19.8 Å². The van der Waals surface area contributed by atoms with Crippen LogP contribution in [0.5, 0.6) is 0 Å². The Labute approximate surface area is 205 Å². The highest BCUT2D eigenvalue weighted by Crippen LogP contribution is 2.29. The van der Waals surface area contributed by atoms with Gasteiger partial charge in [0.15, 0.2) is 0 Å². The molecule has 0 bridgehead atoms. The van der Waals surface area contributed by atoms with E-state index in [1.54, 1.807) is 30.0 Å². The van der Waals surface area contributed by atoms with Gasteiger partial charge in [-0.05, 0) is 37.5 Å². The van der Waals surface area contributed by atoms with Crippen molar-refractivity contribution in [3.63, 3.8) is 0 Å². The van der Waals surface area contributed by atoms with Crippen LogP contribution in [-0.4, -0.2) is 58.5 Å². The van der Waals surface area contributed by atoms with Gasteiger partial charge in [-0.2, -0.15) is 0 Å². The van der Waals surface area contributed by atoms with Gasteiger partial charge in [-0.15, -0.1) is 11.3 Å². The molecule has 1 aliphatic heterocycles. The molecule has 5 rings (SSSR count). The number of amides is 2. The monoisotopic (exact) mass is 495 g/mol. The lowest BCUT2D eigenvalue weighted by atomic mass is 10.2. The van der Waals surface area contributed by atoms with E-state index < -0.39 is 0 Å². The average molecular weight is 496 g/mol. The largest absolute Gasteiger partial charge is 0.366 e. The van der Waals surface area contributed by atoms with Gasteiger partial charge in [-0.3, -0.25) is 19.0 Å². The first-order valence-electron chi connectivity index (χ1n) is 11.7. The minimum atomic E-state index is -0.329. The Bertz CT molecular complexity index is 1370. The number of anilines is 1. The summed E-state index contributed by atoms with van der Waals surface area (Å²) in [5.41, 5.74) is 0.789. The van der Waals surface area contributed by atoms with Crippen LogP contribution in [0.2, 0.25) is 0 Å². The van der Waals surface area contributed by atoms with E-state index in [9.17, 15) is 18.8 Å². The number of benzene rings is 1. The first-order chi connectivity index (χ1) is 16.9. The normalized spacial score (nSPS) is 17.8. The molecular formula is C25H26FN5O3S. The van der Waals surface area contributed by atoms with Gasteiger partial charge < -0.3 is 15.1 Å². The fraction of sp³-hybridized carbons (Fsp3) is 0.360. The molecule has 182 valence electrons. The zero-order chi connectivity index (χ0) is 24.5. The van der Waals surface area contributed by atoms with Crippen molar-refractivity contribution in [2.45, 2.75) is 32.4 Å². The average Bonchev–Trinajstić information content (AvgIpc) is 3.49. The SMILES string of the molecule is Cc1c(C(=O)N2CCN(c3ccccc3F)CC2)sc2ncn(CC(=O)NC3C=CCC3)c(=O)c12. The zero-order valence-electron chi connectivity index (χ0n) is 19.4. The second-order valence-electron chi connectivity index (χ2n) is 8.82. The number of carbonyl (C=O) groups excluding carboxylic acids is 2. The number of halogens is 1. The summed E-state index contributed by atoms with van der Waals surface area (Å²) in [6.45, 7) is 3.57. The third-order valence-electron chi connectivity index (χ3n) is 6.54. The number of piperazine rings is 1. The topological polar surface area (TPSA) is 87.5 Å². The van der Waals surface area contributed by atoms with E-state index in [2.05, 4.69) is 10.3 Å². The molecule has 1 saturated heterocycles. The number of rotatable bonds is 5. The van der Waals surface area contributed by atoms with Crippen LogP contribution in [0, 0.1) is 12.7 Å². The quantitative estimate of drug-likeness (QED) is 0.550.